The Morgan fingerprint density at radius 3 is 2.37 bits per heavy atom. The Kier molecular flexibility index (Phi) is 6.67. The van der Waals surface area contributed by atoms with Crippen LogP contribution in [0.4, 0.5) is 0 Å². The number of nitrogens with zero attached hydrogens (tertiary/aromatic N) is 2. The van der Waals surface area contributed by atoms with E-state index in [1.54, 1.807) is 0 Å². The molecule has 0 amide bonds. The monoisotopic (exact) mass is 285 g/mol. The Hall–Kier alpha value is -0.220. The summed E-state index contributed by atoms with van der Waals surface area (Å²) in [6, 6.07) is 0.412. The van der Waals surface area contributed by atoms with Gasteiger partial charge in [-0.3, -0.25) is 4.99 Å². The Bertz CT molecular complexity index is 286. The van der Waals surface area contributed by atoms with Crippen molar-refractivity contribution < 1.29 is 0 Å². The van der Waals surface area contributed by atoms with Crippen LogP contribution in [0.25, 0.3) is 0 Å². The fourth-order valence-corrected chi connectivity index (χ4v) is 3.91. The molecule has 3 nitrogen and oxygen atoms in total. The molecule has 1 atom stereocenters. The van der Waals surface area contributed by atoms with Crippen LogP contribution in [-0.2, 0) is 0 Å². The van der Waals surface area contributed by atoms with Crippen LogP contribution in [0.3, 0.4) is 0 Å². The Morgan fingerprint density at radius 2 is 1.95 bits per heavy atom. The highest BCUT2D eigenvalue weighted by atomic mass is 32.2. The van der Waals surface area contributed by atoms with Gasteiger partial charge in [-0.1, -0.05) is 39.5 Å². The van der Waals surface area contributed by atoms with Gasteiger partial charge in [-0.2, -0.15) is 0 Å². The van der Waals surface area contributed by atoms with E-state index in [0.717, 1.165) is 23.9 Å². The van der Waals surface area contributed by atoms with Crippen LogP contribution in [0.2, 0.25) is 0 Å². The van der Waals surface area contributed by atoms with E-state index in [1.165, 1.54) is 12.8 Å². The molecule has 19 heavy (non-hydrogen) atoms. The van der Waals surface area contributed by atoms with Gasteiger partial charge in [0.25, 0.3) is 0 Å². The number of nitrogens with one attached hydrogen (secondary N) is 1. The van der Waals surface area contributed by atoms with Crippen molar-refractivity contribution in [3.8, 4) is 0 Å². The summed E-state index contributed by atoms with van der Waals surface area (Å²) in [4.78, 5) is 7.21. The van der Waals surface area contributed by atoms with Crippen LogP contribution < -0.4 is 5.32 Å². The third kappa shape index (κ3) is 5.35. The van der Waals surface area contributed by atoms with Gasteiger partial charge in [0, 0.05) is 17.8 Å². The van der Waals surface area contributed by atoms with Crippen LogP contribution >= 0.6 is 11.8 Å². The summed E-state index contributed by atoms with van der Waals surface area (Å²) in [5, 5.41) is 4.84. The molecule has 1 fully saturated rings. The second-order valence-electron chi connectivity index (χ2n) is 6.38. The lowest BCUT2D eigenvalue weighted by Gasteiger charge is -2.26. The molecule has 0 aromatic carbocycles. The van der Waals surface area contributed by atoms with Crippen molar-refractivity contribution in [2.24, 2.45) is 10.9 Å². The van der Waals surface area contributed by atoms with E-state index in [0.29, 0.717) is 12.0 Å². The van der Waals surface area contributed by atoms with Crippen LogP contribution in [0, 0.1) is 5.92 Å². The van der Waals surface area contributed by atoms with Gasteiger partial charge in [-0.25, -0.2) is 0 Å². The molecular weight excluding hydrogens is 254 g/mol. The number of thioether (sulfide) groups is 1. The zero-order valence-corrected chi connectivity index (χ0v) is 14.3. The summed E-state index contributed by atoms with van der Waals surface area (Å²) in [6.45, 7) is 10.1. The molecule has 1 aliphatic heterocycles. The van der Waals surface area contributed by atoms with Gasteiger partial charge in [-0.05, 0) is 39.3 Å². The van der Waals surface area contributed by atoms with E-state index in [9.17, 15) is 0 Å². The molecule has 112 valence electrons. The Balaban J connectivity index is 2.69. The topological polar surface area (TPSA) is 27.6 Å². The molecular formula is C15H31N3S. The van der Waals surface area contributed by atoms with E-state index in [-0.39, 0.29) is 5.54 Å². The number of likely N-dealkylation sites (N-methyl/N-ethyl adjacent to an activating group) is 1. The van der Waals surface area contributed by atoms with E-state index in [1.807, 2.05) is 11.8 Å². The molecule has 0 aliphatic carbocycles. The van der Waals surface area contributed by atoms with Gasteiger partial charge >= 0.3 is 0 Å². The zero-order valence-electron chi connectivity index (χ0n) is 13.5. The molecule has 4 heteroatoms. The first-order valence-corrected chi connectivity index (χ1v) is 8.53. The van der Waals surface area contributed by atoms with Gasteiger partial charge in [0.1, 0.15) is 0 Å². The maximum atomic E-state index is 4.97. The number of aliphatic imine (C=N–C) groups is 1. The van der Waals surface area contributed by atoms with Crippen molar-refractivity contribution in [3.05, 3.63) is 0 Å². The molecule has 0 radical (unpaired) electrons. The lowest BCUT2D eigenvalue weighted by molar-refractivity contribution is 0.344. The zero-order chi connectivity index (χ0) is 14.5. The lowest BCUT2D eigenvalue weighted by atomic mass is 9.96. The van der Waals surface area contributed by atoms with Gasteiger partial charge in [0.2, 0.25) is 0 Å². The second-order valence-corrected chi connectivity index (χ2v) is 7.35. The smallest absolute Gasteiger partial charge is 0.157 e. The minimum absolute atomic E-state index is 0.282. The largest absolute Gasteiger partial charge is 0.359 e. The first kappa shape index (κ1) is 16.8. The predicted molar refractivity (Wildman–Crippen MR) is 88.1 cm³/mol. The third-order valence-corrected chi connectivity index (χ3v) is 5.01. The van der Waals surface area contributed by atoms with Crippen molar-refractivity contribution in [1.82, 2.24) is 10.2 Å². The van der Waals surface area contributed by atoms with Crippen LogP contribution in [0.1, 0.15) is 47.0 Å². The predicted octanol–water partition coefficient (Wildman–Crippen LogP) is 3.21. The molecule has 1 saturated heterocycles. The first-order chi connectivity index (χ1) is 8.90. The molecule has 0 aromatic rings. The van der Waals surface area contributed by atoms with Crippen LogP contribution in [0.5, 0.6) is 0 Å². The Labute approximate surface area is 123 Å². The average molecular weight is 286 g/mol. The molecule has 0 bridgehead atoms. The summed E-state index contributed by atoms with van der Waals surface area (Å²) < 4.78 is 0. The highest BCUT2D eigenvalue weighted by Crippen LogP contribution is 2.29. The highest BCUT2D eigenvalue weighted by molar-refractivity contribution is 8.14. The summed E-state index contributed by atoms with van der Waals surface area (Å²) in [5.74, 6) is 1.86. The van der Waals surface area contributed by atoms with Crippen LogP contribution in [0.15, 0.2) is 4.99 Å². The number of hydrogen-bond acceptors (Lipinski definition) is 3. The second kappa shape index (κ2) is 7.53. The fraction of sp³-hybridized carbons (Fsp3) is 0.933. The van der Waals surface area contributed by atoms with Crippen molar-refractivity contribution in [2.45, 2.75) is 58.5 Å². The number of rotatable bonds is 7. The van der Waals surface area contributed by atoms with Crippen molar-refractivity contribution >= 4 is 16.9 Å². The van der Waals surface area contributed by atoms with Gasteiger partial charge in [-0.15, -0.1) is 0 Å². The fourth-order valence-electron chi connectivity index (χ4n) is 2.51. The lowest BCUT2D eigenvalue weighted by Crippen LogP contribution is -2.42. The molecule has 0 saturated carbocycles. The van der Waals surface area contributed by atoms with Crippen molar-refractivity contribution in [3.63, 3.8) is 0 Å². The standard InChI is InChI=1S/C15H31N3S/c1-7-15(8-2)11-19-14(17-15)16-13(9-12(3)4)10-18(5)6/h12-13H,7-11H2,1-6H3,(H,16,17). The average Bonchev–Trinajstić information content (AvgIpc) is 2.71. The quantitative estimate of drug-likeness (QED) is 0.778. The Morgan fingerprint density at radius 1 is 1.32 bits per heavy atom. The van der Waals surface area contributed by atoms with Gasteiger partial charge in [0.15, 0.2) is 5.17 Å². The molecule has 1 heterocycles. The molecule has 1 N–H and O–H groups in total. The van der Waals surface area contributed by atoms with E-state index in [2.05, 4.69) is 52.0 Å². The van der Waals surface area contributed by atoms with Crippen molar-refractivity contribution in [2.75, 3.05) is 26.4 Å². The molecule has 0 aromatic heterocycles. The molecule has 0 spiro atoms. The number of amidine groups is 1. The SMILES string of the molecule is CCC1(CC)CSC(=NC(CC(C)C)CN(C)C)N1. The molecule has 1 unspecified atom stereocenters. The number of hydrogen-bond donors (Lipinski definition) is 1. The van der Waals surface area contributed by atoms with E-state index in [4.69, 9.17) is 4.99 Å². The molecule has 1 aliphatic rings. The van der Waals surface area contributed by atoms with Gasteiger partial charge in [0.05, 0.1) is 6.04 Å². The summed E-state index contributed by atoms with van der Waals surface area (Å²) in [5.41, 5.74) is 0.282. The summed E-state index contributed by atoms with van der Waals surface area (Å²) in [6.07, 6.45) is 3.52. The van der Waals surface area contributed by atoms with Gasteiger partial charge < -0.3 is 10.2 Å². The minimum atomic E-state index is 0.282. The maximum absolute atomic E-state index is 4.97. The minimum Gasteiger partial charge on any atom is -0.359 e. The molecule has 1 rings (SSSR count). The summed E-state index contributed by atoms with van der Waals surface area (Å²) in [7, 11) is 4.26. The first-order valence-electron chi connectivity index (χ1n) is 7.54. The summed E-state index contributed by atoms with van der Waals surface area (Å²) >= 11 is 1.90. The third-order valence-electron chi connectivity index (χ3n) is 3.83. The highest BCUT2D eigenvalue weighted by Gasteiger charge is 2.34. The van der Waals surface area contributed by atoms with Crippen molar-refractivity contribution in [1.29, 1.82) is 0 Å². The maximum Gasteiger partial charge on any atom is 0.157 e. The van der Waals surface area contributed by atoms with E-state index < -0.39 is 0 Å². The van der Waals surface area contributed by atoms with E-state index >= 15 is 0 Å². The van der Waals surface area contributed by atoms with Crippen LogP contribution in [-0.4, -0.2) is 48.0 Å². The normalized spacial score (nSPS) is 22.2.